The molecule has 33 heavy (non-hydrogen) atoms. The maximum atomic E-state index is 13.1. The third kappa shape index (κ3) is 4.82. The standard InChI is InChI=1S/C26H31N3O4/c1-2-3-15-33-20-12-10-19(11-13-20)28-24(30)23-21-14-9-18(17-7-5-4-6-8-17)16-22(21)29(25(23)31)26(27)32/h9-14,16-17,31H,2-8,15H2,1H3,(H2,27,32)(H,28,30). The Kier molecular flexibility index (Phi) is 6.87. The van der Waals surface area contributed by atoms with Gasteiger partial charge in [-0.05, 0) is 61.1 Å². The number of fused-ring (bicyclic) bond motifs is 1. The highest BCUT2D eigenvalue weighted by molar-refractivity contribution is 6.16. The number of primary amides is 1. The Bertz CT molecular complexity index is 1140. The molecule has 7 nitrogen and oxygen atoms in total. The highest BCUT2D eigenvalue weighted by atomic mass is 16.5. The van der Waals surface area contributed by atoms with E-state index < -0.39 is 17.8 Å². The number of benzene rings is 2. The Labute approximate surface area is 193 Å². The normalized spacial score (nSPS) is 14.3. The van der Waals surface area contributed by atoms with E-state index in [1.165, 1.54) is 19.3 Å². The number of carbonyl (C=O) groups is 2. The van der Waals surface area contributed by atoms with Gasteiger partial charge in [-0.15, -0.1) is 0 Å². The van der Waals surface area contributed by atoms with Gasteiger partial charge >= 0.3 is 6.03 Å². The summed E-state index contributed by atoms with van der Waals surface area (Å²) in [6, 6.07) is 11.9. The minimum absolute atomic E-state index is 0.0299. The van der Waals surface area contributed by atoms with Crippen LogP contribution in [0, 0.1) is 0 Å². The average Bonchev–Trinajstić information content (AvgIpc) is 3.12. The Balaban J connectivity index is 1.62. The molecule has 1 heterocycles. The molecular weight excluding hydrogens is 418 g/mol. The predicted octanol–water partition coefficient (Wildman–Crippen LogP) is 5.75. The highest BCUT2D eigenvalue weighted by Gasteiger charge is 2.26. The SMILES string of the molecule is CCCCOc1ccc(NC(=O)c2c(O)n(C(N)=O)c3cc(C4CCCCC4)ccc23)cc1. The van der Waals surface area contributed by atoms with Crippen LogP contribution < -0.4 is 15.8 Å². The van der Waals surface area contributed by atoms with Crippen LogP contribution in [0.3, 0.4) is 0 Å². The lowest BCUT2D eigenvalue weighted by Crippen LogP contribution is -2.19. The summed E-state index contributed by atoms with van der Waals surface area (Å²) < 4.78 is 6.67. The molecule has 0 atom stereocenters. The van der Waals surface area contributed by atoms with Crippen molar-refractivity contribution < 1.29 is 19.4 Å². The first-order valence-electron chi connectivity index (χ1n) is 11.7. The predicted molar refractivity (Wildman–Crippen MR) is 129 cm³/mol. The van der Waals surface area contributed by atoms with Crippen LogP contribution in [0.25, 0.3) is 10.9 Å². The molecule has 0 aliphatic heterocycles. The molecule has 0 saturated heterocycles. The molecule has 0 unspecified atom stereocenters. The first kappa shape index (κ1) is 22.7. The quantitative estimate of drug-likeness (QED) is 0.399. The molecule has 2 amide bonds. The van der Waals surface area contributed by atoms with Gasteiger partial charge < -0.3 is 20.9 Å². The van der Waals surface area contributed by atoms with Crippen LogP contribution in [0.1, 0.15) is 73.7 Å². The zero-order chi connectivity index (χ0) is 23.4. The Morgan fingerprint density at radius 1 is 1.12 bits per heavy atom. The van der Waals surface area contributed by atoms with Crippen LogP contribution in [0.5, 0.6) is 11.6 Å². The van der Waals surface area contributed by atoms with Crippen LogP contribution in [0.15, 0.2) is 42.5 Å². The van der Waals surface area contributed by atoms with Crippen molar-refractivity contribution >= 4 is 28.5 Å². The molecule has 2 aromatic carbocycles. The van der Waals surface area contributed by atoms with E-state index in [0.717, 1.165) is 41.6 Å². The number of unbranched alkanes of at least 4 members (excludes halogenated alkanes) is 1. The van der Waals surface area contributed by atoms with Crippen molar-refractivity contribution in [1.29, 1.82) is 0 Å². The molecule has 7 heteroatoms. The zero-order valence-corrected chi connectivity index (χ0v) is 19.0. The van der Waals surface area contributed by atoms with E-state index in [9.17, 15) is 14.7 Å². The number of hydrogen-bond donors (Lipinski definition) is 3. The smallest absolute Gasteiger partial charge is 0.326 e. The van der Waals surface area contributed by atoms with Crippen molar-refractivity contribution in [2.45, 2.75) is 57.8 Å². The zero-order valence-electron chi connectivity index (χ0n) is 19.0. The lowest BCUT2D eigenvalue weighted by molar-refractivity contribution is 0.102. The minimum Gasteiger partial charge on any atom is -0.494 e. The van der Waals surface area contributed by atoms with Crippen LogP contribution in [0.2, 0.25) is 0 Å². The van der Waals surface area contributed by atoms with Crippen LogP contribution >= 0.6 is 0 Å². The molecule has 4 N–H and O–H groups in total. The van der Waals surface area contributed by atoms with Crippen molar-refractivity contribution in [3.8, 4) is 11.6 Å². The molecule has 1 fully saturated rings. The summed E-state index contributed by atoms with van der Waals surface area (Å²) in [5.41, 5.74) is 7.70. The summed E-state index contributed by atoms with van der Waals surface area (Å²) >= 11 is 0. The summed E-state index contributed by atoms with van der Waals surface area (Å²) in [6.45, 7) is 2.75. The third-order valence-electron chi connectivity index (χ3n) is 6.37. The topological polar surface area (TPSA) is 107 Å². The van der Waals surface area contributed by atoms with Crippen molar-refractivity contribution in [3.05, 3.63) is 53.6 Å². The second kappa shape index (κ2) is 9.98. The maximum Gasteiger partial charge on any atom is 0.326 e. The number of aromatic nitrogens is 1. The molecule has 174 valence electrons. The van der Waals surface area contributed by atoms with Gasteiger partial charge in [0, 0.05) is 11.1 Å². The molecule has 1 saturated carbocycles. The van der Waals surface area contributed by atoms with E-state index >= 15 is 0 Å². The van der Waals surface area contributed by atoms with Gasteiger partial charge in [-0.2, -0.15) is 0 Å². The van der Waals surface area contributed by atoms with E-state index in [1.54, 1.807) is 30.3 Å². The van der Waals surface area contributed by atoms with Crippen molar-refractivity contribution in [2.75, 3.05) is 11.9 Å². The van der Waals surface area contributed by atoms with Crippen LogP contribution in [0.4, 0.5) is 10.5 Å². The summed E-state index contributed by atoms with van der Waals surface area (Å²) in [4.78, 5) is 25.2. The number of nitrogens with two attached hydrogens (primary N) is 1. The molecule has 0 spiro atoms. The van der Waals surface area contributed by atoms with Gasteiger partial charge in [-0.1, -0.05) is 44.7 Å². The van der Waals surface area contributed by atoms with E-state index in [4.69, 9.17) is 10.5 Å². The monoisotopic (exact) mass is 449 g/mol. The number of rotatable bonds is 7. The largest absolute Gasteiger partial charge is 0.494 e. The van der Waals surface area contributed by atoms with Gasteiger partial charge in [0.1, 0.15) is 11.3 Å². The van der Waals surface area contributed by atoms with Gasteiger partial charge in [0.25, 0.3) is 5.91 Å². The van der Waals surface area contributed by atoms with Gasteiger partial charge in [0.2, 0.25) is 5.88 Å². The third-order valence-corrected chi connectivity index (χ3v) is 6.37. The Morgan fingerprint density at radius 3 is 2.52 bits per heavy atom. The van der Waals surface area contributed by atoms with Gasteiger partial charge in [-0.25, -0.2) is 9.36 Å². The highest BCUT2D eigenvalue weighted by Crippen LogP contribution is 2.37. The van der Waals surface area contributed by atoms with Crippen LogP contribution in [-0.2, 0) is 0 Å². The average molecular weight is 450 g/mol. The number of hydrogen-bond acceptors (Lipinski definition) is 4. The van der Waals surface area contributed by atoms with Gasteiger partial charge in [0.15, 0.2) is 0 Å². The molecule has 4 rings (SSSR count). The number of ether oxygens (including phenoxy) is 1. The summed E-state index contributed by atoms with van der Waals surface area (Å²) in [5, 5.41) is 14.1. The van der Waals surface area contributed by atoms with Crippen molar-refractivity contribution in [3.63, 3.8) is 0 Å². The molecule has 0 bridgehead atoms. The fourth-order valence-electron chi connectivity index (χ4n) is 4.59. The first-order chi connectivity index (χ1) is 16.0. The number of nitrogens with one attached hydrogen (secondary N) is 1. The Morgan fingerprint density at radius 2 is 1.85 bits per heavy atom. The molecule has 1 aliphatic rings. The number of amides is 2. The number of carbonyl (C=O) groups excluding carboxylic acids is 2. The molecule has 1 aliphatic carbocycles. The van der Waals surface area contributed by atoms with Gasteiger partial charge in [-0.3, -0.25) is 4.79 Å². The fraction of sp³-hybridized carbons (Fsp3) is 0.385. The first-order valence-corrected chi connectivity index (χ1v) is 11.7. The Hall–Kier alpha value is -3.48. The molecule has 3 aromatic rings. The van der Waals surface area contributed by atoms with Crippen LogP contribution in [-0.4, -0.2) is 28.2 Å². The van der Waals surface area contributed by atoms with Gasteiger partial charge in [0.05, 0.1) is 12.1 Å². The van der Waals surface area contributed by atoms with E-state index in [2.05, 4.69) is 12.2 Å². The molecular formula is C26H31N3O4. The van der Waals surface area contributed by atoms with E-state index in [0.29, 0.717) is 29.1 Å². The van der Waals surface area contributed by atoms with Crippen molar-refractivity contribution in [2.24, 2.45) is 5.73 Å². The van der Waals surface area contributed by atoms with E-state index in [-0.39, 0.29) is 5.56 Å². The lowest BCUT2D eigenvalue weighted by atomic mass is 9.84. The summed E-state index contributed by atoms with van der Waals surface area (Å²) in [7, 11) is 0. The second-order valence-electron chi connectivity index (χ2n) is 8.66. The molecule has 0 radical (unpaired) electrons. The summed E-state index contributed by atoms with van der Waals surface area (Å²) in [5.74, 6) is 0.180. The number of anilines is 1. The number of aromatic hydroxyl groups is 1. The lowest BCUT2D eigenvalue weighted by Gasteiger charge is -2.22. The maximum absolute atomic E-state index is 13.1. The van der Waals surface area contributed by atoms with E-state index in [1.807, 2.05) is 12.1 Å². The van der Waals surface area contributed by atoms with Crippen molar-refractivity contribution in [1.82, 2.24) is 4.57 Å². The molecule has 1 aromatic heterocycles. The minimum atomic E-state index is -0.828. The fourth-order valence-corrected chi connectivity index (χ4v) is 4.59. The number of nitrogens with zero attached hydrogens (tertiary/aromatic N) is 1. The second-order valence-corrected chi connectivity index (χ2v) is 8.66. The summed E-state index contributed by atoms with van der Waals surface area (Å²) in [6.07, 6.45) is 7.83.